The molecular weight excluding hydrogens is 246 g/mol. The lowest BCUT2D eigenvalue weighted by molar-refractivity contribution is 0.249. The van der Waals surface area contributed by atoms with E-state index in [4.69, 9.17) is 17.3 Å². The van der Waals surface area contributed by atoms with E-state index in [9.17, 15) is 4.79 Å². The molecule has 4 nitrogen and oxygen atoms in total. The summed E-state index contributed by atoms with van der Waals surface area (Å²) < 4.78 is 0.853. The number of amides is 2. The van der Waals surface area contributed by atoms with Crippen molar-refractivity contribution in [2.24, 2.45) is 5.73 Å². The van der Waals surface area contributed by atoms with Gasteiger partial charge in [-0.3, -0.25) is 0 Å². The van der Waals surface area contributed by atoms with Crippen LogP contribution >= 0.6 is 22.9 Å². The number of fused-ring (bicyclic) bond motifs is 1. The third-order valence-electron chi connectivity index (χ3n) is 2.66. The number of nitrogens with two attached hydrogens (primary N) is 1. The number of urea groups is 1. The van der Waals surface area contributed by atoms with Crippen LogP contribution in [0.2, 0.25) is 4.34 Å². The maximum atomic E-state index is 10.5. The monoisotopic (exact) mass is 259 g/mol. The van der Waals surface area contributed by atoms with E-state index in [0.29, 0.717) is 12.6 Å². The van der Waals surface area contributed by atoms with E-state index in [2.05, 4.69) is 10.6 Å². The first-order valence-electron chi connectivity index (χ1n) is 5.21. The summed E-state index contributed by atoms with van der Waals surface area (Å²) in [6, 6.07) is 1.93. The molecule has 88 valence electrons. The van der Waals surface area contributed by atoms with Crippen LogP contribution in [0.25, 0.3) is 0 Å². The molecule has 4 N–H and O–H groups in total. The summed E-state index contributed by atoms with van der Waals surface area (Å²) in [5.41, 5.74) is 6.29. The lowest BCUT2D eigenvalue weighted by Crippen LogP contribution is -2.36. The van der Waals surface area contributed by atoms with Crippen molar-refractivity contribution in [1.29, 1.82) is 0 Å². The molecule has 0 aliphatic heterocycles. The number of hydrogen-bond acceptors (Lipinski definition) is 3. The summed E-state index contributed by atoms with van der Waals surface area (Å²) in [6.07, 6.45) is 2.20. The van der Waals surface area contributed by atoms with E-state index in [1.54, 1.807) is 11.3 Å². The maximum Gasteiger partial charge on any atom is 0.312 e. The van der Waals surface area contributed by atoms with E-state index < -0.39 is 6.03 Å². The molecule has 0 spiro atoms. The predicted octanol–water partition coefficient (Wildman–Crippen LogP) is 1.65. The Bertz CT molecular complexity index is 393. The van der Waals surface area contributed by atoms with Crippen molar-refractivity contribution < 1.29 is 4.79 Å². The van der Waals surface area contributed by atoms with E-state index in [-0.39, 0.29) is 0 Å². The van der Waals surface area contributed by atoms with Crippen molar-refractivity contribution in [2.75, 3.05) is 13.1 Å². The smallest absolute Gasteiger partial charge is 0.312 e. The number of carbonyl (C=O) groups excluding carboxylic acids is 1. The normalized spacial score (nSPS) is 18.4. The van der Waals surface area contributed by atoms with E-state index in [1.165, 1.54) is 10.4 Å². The number of halogens is 1. The fourth-order valence-corrected chi connectivity index (χ4v) is 3.33. The summed E-state index contributed by atoms with van der Waals surface area (Å²) in [4.78, 5) is 11.8. The molecule has 0 radical (unpaired) electrons. The van der Waals surface area contributed by atoms with Crippen LogP contribution in [0.1, 0.15) is 22.9 Å². The minimum absolute atomic E-state index is 0.369. The first-order valence-corrected chi connectivity index (χ1v) is 6.41. The van der Waals surface area contributed by atoms with Gasteiger partial charge in [0, 0.05) is 24.0 Å². The second-order valence-electron chi connectivity index (χ2n) is 3.77. The highest BCUT2D eigenvalue weighted by Crippen LogP contribution is 2.39. The minimum atomic E-state index is -0.479. The summed E-state index contributed by atoms with van der Waals surface area (Å²) in [5.74, 6) is 0. The van der Waals surface area contributed by atoms with Crippen molar-refractivity contribution in [3.8, 4) is 0 Å². The molecular formula is C10H14ClN3OS. The van der Waals surface area contributed by atoms with Crippen LogP contribution in [-0.4, -0.2) is 19.1 Å². The van der Waals surface area contributed by atoms with Crippen LogP contribution in [-0.2, 0) is 6.42 Å². The Morgan fingerprint density at radius 1 is 1.62 bits per heavy atom. The van der Waals surface area contributed by atoms with E-state index in [1.807, 2.05) is 6.07 Å². The largest absolute Gasteiger partial charge is 0.352 e. The van der Waals surface area contributed by atoms with Crippen molar-refractivity contribution in [3.05, 3.63) is 20.8 Å². The summed E-state index contributed by atoms with van der Waals surface area (Å²) >= 11 is 7.62. The van der Waals surface area contributed by atoms with Crippen LogP contribution in [0.15, 0.2) is 6.07 Å². The third kappa shape index (κ3) is 2.66. The molecule has 0 aromatic carbocycles. The summed E-state index contributed by atoms with van der Waals surface area (Å²) in [5, 5.41) is 5.94. The van der Waals surface area contributed by atoms with Gasteiger partial charge in [0.25, 0.3) is 0 Å². The maximum absolute atomic E-state index is 10.5. The highest BCUT2D eigenvalue weighted by atomic mass is 35.5. The second-order valence-corrected chi connectivity index (χ2v) is 5.53. The topological polar surface area (TPSA) is 67.2 Å². The third-order valence-corrected chi connectivity index (χ3v) is 4.00. The zero-order valence-corrected chi connectivity index (χ0v) is 10.3. The van der Waals surface area contributed by atoms with E-state index in [0.717, 1.165) is 23.7 Å². The summed E-state index contributed by atoms with van der Waals surface area (Å²) in [7, 11) is 0. The number of rotatable bonds is 4. The molecule has 2 rings (SSSR count). The van der Waals surface area contributed by atoms with Gasteiger partial charge in [0.2, 0.25) is 0 Å². The van der Waals surface area contributed by atoms with Gasteiger partial charge in [0.1, 0.15) is 0 Å². The molecule has 16 heavy (non-hydrogen) atoms. The Hall–Kier alpha value is -0.780. The number of nitrogens with one attached hydrogen (secondary N) is 2. The lowest BCUT2D eigenvalue weighted by Gasteiger charge is -2.12. The Morgan fingerprint density at radius 2 is 2.44 bits per heavy atom. The minimum Gasteiger partial charge on any atom is -0.352 e. The van der Waals surface area contributed by atoms with Crippen LogP contribution < -0.4 is 16.4 Å². The SMILES string of the molecule is NC(=O)NCCNC1CCc2sc(Cl)cc21. The zero-order chi connectivity index (χ0) is 11.5. The quantitative estimate of drug-likeness (QED) is 0.720. The first kappa shape index (κ1) is 11.7. The molecule has 1 unspecified atom stereocenters. The Kier molecular flexibility index (Phi) is 3.68. The average molecular weight is 260 g/mol. The molecule has 2 amide bonds. The highest BCUT2D eigenvalue weighted by molar-refractivity contribution is 7.16. The molecule has 1 heterocycles. The van der Waals surface area contributed by atoms with Gasteiger partial charge in [-0.05, 0) is 24.5 Å². The Balaban J connectivity index is 1.81. The van der Waals surface area contributed by atoms with Crippen molar-refractivity contribution in [3.63, 3.8) is 0 Å². The lowest BCUT2D eigenvalue weighted by atomic mass is 10.2. The molecule has 6 heteroatoms. The number of aryl methyl sites for hydroxylation is 1. The highest BCUT2D eigenvalue weighted by Gasteiger charge is 2.24. The van der Waals surface area contributed by atoms with Crippen molar-refractivity contribution >= 4 is 29.0 Å². The van der Waals surface area contributed by atoms with Crippen LogP contribution in [0, 0.1) is 0 Å². The van der Waals surface area contributed by atoms with Crippen molar-refractivity contribution in [2.45, 2.75) is 18.9 Å². The average Bonchev–Trinajstić information content (AvgIpc) is 2.72. The second kappa shape index (κ2) is 5.03. The van der Waals surface area contributed by atoms with E-state index >= 15 is 0 Å². The number of carbonyl (C=O) groups is 1. The molecule has 1 aromatic rings. The molecule has 0 saturated carbocycles. The standard InChI is InChI=1S/C10H14ClN3OS/c11-9-5-6-7(1-2-8(6)16-9)13-3-4-14-10(12)15/h5,7,13H,1-4H2,(H3,12,14,15). The Labute approximate surface area is 103 Å². The van der Waals surface area contributed by atoms with Crippen LogP contribution in [0.4, 0.5) is 4.79 Å². The van der Waals surface area contributed by atoms with Gasteiger partial charge in [-0.15, -0.1) is 11.3 Å². The molecule has 1 aliphatic rings. The van der Waals surface area contributed by atoms with Gasteiger partial charge in [-0.1, -0.05) is 11.6 Å². The predicted molar refractivity (Wildman–Crippen MR) is 66.0 cm³/mol. The molecule has 0 bridgehead atoms. The van der Waals surface area contributed by atoms with Crippen molar-refractivity contribution in [1.82, 2.24) is 10.6 Å². The molecule has 1 aliphatic carbocycles. The number of hydrogen-bond donors (Lipinski definition) is 3. The number of thiophene rings is 1. The molecule has 0 saturated heterocycles. The van der Waals surface area contributed by atoms with Gasteiger partial charge >= 0.3 is 6.03 Å². The van der Waals surface area contributed by atoms with Gasteiger partial charge in [-0.2, -0.15) is 0 Å². The number of primary amides is 1. The molecule has 1 atom stereocenters. The van der Waals surface area contributed by atoms with Gasteiger partial charge in [0.15, 0.2) is 0 Å². The molecule has 0 fully saturated rings. The summed E-state index contributed by atoms with van der Waals surface area (Å²) in [6.45, 7) is 1.28. The first-order chi connectivity index (χ1) is 7.66. The van der Waals surface area contributed by atoms with Crippen LogP contribution in [0.3, 0.4) is 0 Å². The van der Waals surface area contributed by atoms with Gasteiger partial charge in [0.05, 0.1) is 4.34 Å². The van der Waals surface area contributed by atoms with Gasteiger partial charge < -0.3 is 16.4 Å². The fourth-order valence-electron chi connectivity index (χ4n) is 1.97. The Morgan fingerprint density at radius 3 is 3.19 bits per heavy atom. The van der Waals surface area contributed by atoms with Gasteiger partial charge in [-0.25, -0.2) is 4.79 Å². The van der Waals surface area contributed by atoms with Crippen LogP contribution in [0.5, 0.6) is 0 Å². The zero-order valence-electron chi connectivity index (χ0n) is 8.75. The molecule has 1 aromatic heterocycles. The fraction of sp³-hybridized carbons (Fsp3) is 0.500.